The van der Waals surface area contributed by atoms with Gasteiger partial charge in [-0.25, -0.2) is 0 Å². The Morgan fingerprint density at radius 2 is 0.889 bits per heavy atom. The predicted octanol–water partition coefficient (Wildman–Crippen LogP) is 6.91. The van der Waals surface area contributed by atoms with Crippen molar-refractivity contribution in [2.75, 3.05) is 0 Å². The highest BCUT2D eigenvalue weighted by molar-refractivity contribution is 7.73. The second-order valence-electron chi connectivity index (χ2n) is 8.98. The molecular formula is C30H28O4P2. The summed E-state index contributed by atoms with van der Waals surface area (Å²) in [5, 5.41) is 0. The molecule has 0 unspecified atom stereocenters. The van der Waals surface area contributed by atoms with E-state index in [9.17, 15) is 0 Å². The lowest BCUT2D eigenvalue weighted by Gasteiger charge is -2.26. The minimum Gasteiger partial charge on any atom is -0.464 e. The molecule has 6 heteroatoms. The fraction of sp³-hybridized carbons (Fsp3) is 0.200. The molecule has 6 rings (SSSR count). The molecule has 0 N–H and O–H groups in total. The van der Waals surface area contributed by atoms with Gasteiger partial charge in [0.1, 0.15) is 22.0 Å². The van der Waals surface area contributed by atoms with Gasteiger partial charge >= 0.3 is 0 Å². The average Bonchev–Trinajstić information content (AvgIpc) is 3.74. The van der Waals surface area contributed by atoms with Gasteiger partial charge in [0, 0.05) is 27.2 Å². The van der Waals surface area contributed by atoms with Crippen LogP contribution in [0.2, 0.25) is 0 Å². The van der Waals surface area contributed by atoms with Crippen LogP contribution in [0.15, 0.2) is 138 Å². The largest absolute Gasteiger partial charge is 0.464 e. The lowest BCUT2D eigenvalue weighted by molar-refractivity contribution is 0.591. The van der Waals surface area contributed by atoms with Crippen molar-refractivity contribution in [3.05, 3.63) is 120 Å². The van der Waals surface area contributed by atoms with E-state index in [1.54, 1.807) is 25.1 Å². The van der Waals surface area contributed by atoms with Crippen LogP contribution in [0.5, 0.6) is 0 Å². The molecule has 182 valence electrons. The molecular weight excluding hydrogens is 486 g/mol. The summed E-state index contributed by atoms with van der Waals surface area (Å²) in [5.74, 6) is 0. The van der Waals surface area contributed by atoms with Crippen LogP contribution in [-0.2, 0) is 0 Å². The van der Waals surface area contributed by atoms with Crippen LogP contribution in [0.1, 0.15) is 26.7 Å². The highest BCUT2D eigenvalue weighted by Crippen LogP contribution is 2.50. The Balaban J connectivity index is 1.40. The molecule has 0 fully saturated rings. The van der Waals surface area contributed by atoms with Crippen LogP contribution in [-0.4, -0.2) is 11.3 Å². The van der Waals surface area contributed by atoms with Gasteiger partial charge in [0.2, 0.25) is 0 Å². The van der Waals surface area contributed by atoms with Crippen molar-refractivity contribution >= 4 is 37.8 Å². The molecule has 4 aromatic rings. The Hall–Kier alpha value is -3.06. The van der Waals surface area contributed by atoms with Crippen molar-refractivity contribution in [3.63, 3.8) is 0 Å². The SMILES string of the molecule is C[C@@H](C1=C(C2=C([C@H](C)P(c3ccco3)c3ccco3)C=CC2)CC=C1)P(c1ccco1)c1ccco1. The van der Waals surface area contributed by atoms with Gasteiger partial charge in [-0.2, -0.15) is 0 Å². The minimum atomic E-state index is -0.803. The van der Waals surface area contributed by atoms with E-state index in [4.69, 9.17) is 17.7 Å². The third-order valence-electron chi connectivity index (χ3n) is 6.95. The molecule has 0 aliphatic heterocycles. The molecule has 0 aromatic carbocycles. The first-order valence-corrected chi connectivity index (χ1v) is 15.1. The maximum atomic E-state index is 5.91. The van der Waals surface area contributed by atoms with Crippen LogP contribution < -0.4 is 22.0 Å². The standard InChI is InChI=1S/C30H28O4P2/c1-21(35(27-13-5-17-31-27)28-14-6-18-32-28)23-9-3-11-25(23)26-12-4-10-24(26)22(2)36(29-15-7-19-33-29)30-16-8-20-34-30/h3-10,13-22H,11-12H2,1-2H3/t21-,22-/m0/s1. The number of hydrogen-bond donors (Lipinski definition) is 0. The van der Waals surface area contributed by atoms with Gasteiger partial charge in [-0.15, -0.1) is 0 Å². The summed E-state index contributed by atoms with van der Waals surface area (Å²) in [6, 6.07) is 16.2. The first-order valence-electron chi connectivity index (χ1n) is 12.2. The van der Waals surface area contributed by atoms with Crippen molar-refractivity contribution in [1.29, 1.82) is 0 Å². The molecule has 0 bridgehead atoms. The van der Waals surface area contributed by atoms with E-state index in [-0.39, 0.29) is 11.3 Å². The van der Waals surface area contributed by atoms with Crippen LogP contribution >= 0.6 is 15.8 Å². The molecule has 2 aliphatic carbocycles. The molecule has 36 heavy (non-hydrogen) atoms. The minimum absolute atomic E-state index is 0.257. The van der Waals surface area contributed by atoms with E-state index in [0.717, 1.165) is 34.8 Å². The number of allylic oxidation sites excluding steroid dienone is 8. The smallest absolute Gasteiger partial charge is 0.133 e. The van der Waals surface area contributed by atoms with Crippen LogP contribution in [0, 0.1) is 0 Å². The molecule has 2 atom stereocenters. The van der Waals surface area contributed by atoms with Gasteiger partial charge in [-0.05, 0) is 83.7 Å². The van der Waals surface area contributed by atoms with Gasteiger partial charge in [0.25, 0.3) is 0 Å². The summed E-state index contributed by atoms with van der Waals surface area (Å²) in [6.45, 7) is 4.62. The van der Waals surface area contributed by atoms with Crippen molar-refractivity contribution in [2.45, 2.75) is 38.0 Å². The topological polar surface area (TPSA) is 52.6 Å². The molecule has 0 spiro atoms. The van der Waals surface area contributed by atoms with Gasteiger partial charge < -0.3 is 17.7 Å². The highest BCUT2D eigenvalue weighted by Gasteiger charge is 2.34. The van der Waals surface area contributed by atoms with Crippen LogP contribution in [0.3, 0.4) is 0 Å². The summed E-state index contributed by atoms with van der Waals surface area (Å²) in [6.07, 6.45) is 18.2. The molecule has 0 amide bonds. The number of furan rings is 4. The fourth-order valence-corrected chi connectivity index (χ4v) is 9.99. The summed E-state index contributed by atoms with van der Waals surface area (Å²) < 4.78 is 23.7. The third-order valence-corrected chi connectivity index (χ3v) is 12.0. The zero-order valence-electron chi connectivity index (χ0n) is 20.3. The molecule has 0 radical (unpaired) electrons. The van der Waals surface area contributed by atoms with Gasteiger partial charge in [-0.3, -0.25) is 0 Å². The summed E-state index contributed by atoms with van der Waals surface area (Å²) >= 11 is 0. The summed E-state index contributed by atoms with van der Waals surface area (Å²) in [5.41, 5.74) is 10.1. The Morgan fingerprint density at radius 1 is 0.556 bits per heavy atom. The van der Waals surface area contributed by atoms with Crippen molar-refractivity contribution in [1.82, 2.24) is 0 Å². The van der Waals surface area contributed by atoms with Crippen LogP contribution in [0.4, 0.5) is 0 Å². The van der Waals surface area contributed by atoms with Gasteiger partial charge in [-0.1, -0.05) is 38.2 Å². The van der Waals surface area contributed by atoms with Gasteiger partial charge in [0.05, 0.1) is 25.1 Å². The van der Waals surface area contributed by atoms with E-state index in [2.05, 4.69) is 62.4 Å². The van der Waals surface area contributed by atoms with E-state index >= 15 is 0 Å². The second-order valence-corrected chi connectivity index (χ2v) is 13.8. The fourth-order valence-electron chi connectivity index (χ4n) is 5.31. The Bertz CT molecular complexity index is 1220. The monoisotopic (exact) mass is 514 g/mol. The second kappa shape index (κ2) is 10.1. The molecule has 2 aliphatic rings. The van der Waals surface area contributed by atoms with Crippen molar-refractivity contribution in [3.8, 4) is 0 Å². The lowest BCUT2D eigenvalue weighted by atomic mass is 9.95. The van der Waals surface area contributed by atoms with Crippen LogP contribution in [0.25, 0.3) is 0 Å². The molecule has 0 saturated carbocycles. The molecule has 0 saturated heterocycles. The number of rotatable bonds is 9. The maximum absolute atomic E-state index is 5.91. The van der Waals surface area contributed by atoms with E-state index in [1.165, 1.54) is 22.3 Å². The van der Waals surface area contributed by atoms with E-state index in [1.807, 2.05) is 24.3 Å². The van der Waals surface area contributed by atoms with E-state index in [0.29, 0.717) is 0 Å². The zero-order valence-corrected chi connectivity index (χ0v) is 22.1. The summed E-state index contributed by atoms with van der Waals surface area (Å²) in [4.78, 5) is 0. The Labute approximate surface area is 213 Å². The Kier molecular flexibility index (Phi) is 6.57. The molecule has 4 aromatic heterocycles. The van der Waals surface area contributed by atoms with Crippen molar-refractivity contribution in [2.24, 2.45) is 0 Å². The first-order chi connectivity index (χ1) is 17.7. The zero-order chi connectivity index (χ0) is 24.5. The third kappa shape index (κ3) is 4.23. The predicted molar refractivity (Wildman–Crippen MR) is 148 cm³/mol. The first kappa shape index (κ1) is 23.3. The van der Waals surface area contributed by atoms with Crippen molar-refractivity contribution < 1.29 is 17.7 Å². The average molecular weight is 514 g/mol. The highest BCUT2D eigenvalue weighted by atomic mass is 31.1. The normalized spacial score (nSPS) is 17.3. The van der Waals surface area contributed by atoms with Gasteiger partial charge in [0.15, 0.2) is 0 Å². The maximum Gasteiger partial charge on any atom is 0.133 e. The molecule has 4 heterocycles. The quantitative estimate of drug-likeness (QED) is 0.228. The molecule has 4 nitrogen and oxygen atoms in total. The summed E-state index contributed by atoms with van der Waals surface area (Å²) in [7, 11) is -1.61. The Morgan fingerprint density at radius 3 is 1.17 bits per heavy atom. The van der Waals surface area contributed by atoms with E-state index < -0.39 is 15.8 Å². The number of hydrogen-bond acceptors (Lipinski definition) is 4. The lowest BCUT2D eigenvalue weighted by Crippen LogP contribution is -2.21.